The first-order valence-electron chi connectivity index (χ1n) is 11.6. The predicted molar refractivity (Wildman–Crippen MR) is 133 cm³/mol. The van der Waals surface area contributed by atoms with Crippen LogP contribution < -0.4 is 5.32 Å². The van der Waals surface area contributed by atoms with E-state index in [9.17, 15) is 19.5 Å². The smallest absolute Gasteiger partial charge is 0.335 e. The van der Waals surface area contributed by atoms with Crippen LogP contribution in [0.15, 0.2) is 66.9 Å². The van der Waals surface area contributed by atoms with Crippen LogP contribution in [0.25, 0.3) is 11.1 Å². The highest BCUT2D eigenvalue weighted by Crippen LogP contribution is 2.34. The van der Waals surface area contributed by atoms with Crippen molar-refractivity contribution in [1.82, 2.24) is 15.2 Å². The highest BCUT2D eigenvalue weighted by atomic mass is 16.4. The number of aromatic carboxylic acids is 1. The van der Waals surface area contributed by atoms with Crippen molar-refractivity contribution < 1.29 is 19.5 Å². The SMILES string of the molecule is CNC(=O)c1ccc(-c2ccc(C(C)(C)C(=O)N3CCC(c4ccccc4C(=O)O)C3)cc2)cn1. The molecule has 1 aromatic heterocycles. The minimum atomic E-state index is -0.940. The Morgan fingerprint density at radius 3 is 2.31 bits per heavy atom. The van der Waals surface area contributed by atoms with E-state index in [1.165, 1.54) is 0 Å². The Morgan fingerprint density at radius 1 is 1.00 bits per heavy atom. The normalized spacial score (nSPS) is 15.6. The second kappa shape index (κ2) is 9.70. The molecule has 2 aromatic carbocycles. The number of nitrogens with zero attached hydrogens (tertiary/aromatic N) is 2. The molecule has 1 saturated heterocycles. The van der Waals surface area contributed by atoms with Crippen molar-refractivity contribution in [2.45, 2.75) is 31.6 Å². The lowest BCUT2D eigenvalue weighted by Gasteiger charge is -2.30. The molecule has 7 nitrogen and oxygen atoms in total. The molecule has 0 radical (unpaired) electrons. The molecule has 2 amide bonds. The van der Waals surface area contributed by atoms with Gasteiger partial charge in [-0.3, -0.25) is 14.6 Å². The van der Waals surface area contributed by atoms with E-state index in [-0.39, 0.29) is 17.7 Å². The maximum atomic E-state index is 13.5. The fourth-order valence-corrected chi connectivity index (χ4v) is 4.67. The Bertz CT molecular complexity index is 1250. The summed E-state index contributed by atoms with van der Waals surface area (Å²) in [6.45, 7) is 4.95. The van der Waals surface area contributed by atoms with Gasteiger partial charge in [-0.05, 0) is 49.1 Å². The lowest BCUT2D eigenvalue weighted by molar-refractivity contribution is -0.135. The second-order valence-corrected chi connectivity index (χ2v) is 9.34. The first-order chi connectivity index (χ1) is 16.7. The average molecular weight is 472 g/mol. The topological polar surface area (TPSA) is 99.6 Å². The molecule has 0 spiro atoms. The number of pyridine rings is 1. The Morgan fingerprint density at radius 2 is 1.69 bits per heavy atom. The molecular formula is C28H29N3O4. The van der Waals surface area contributed by atoms with Gasteiger partial charge in [0.1, 0.15) is 5.69 Å². The molecule has 0 bridgehead atoms. The zero-order valence-corrected chi connectivity index (χ0v) is 20.1. The summed E-state index contributed by atoms with van der Waals surface area (Å²) in [6.07, 6.45) is 2.40. The molecule has 0 saturated carbocycles. The van der Waals surface area contributed by atoms with E-state index in [2.05, 4.69) is 10.3 Å². The molecule has 4 rings (SSSR count). The summed E-state index contributed by atoms with van der Waals surface area (Å²) in [5, 5.41) is 12.1. The fraction of sp³-hybridized carbons (Fsp3) is 0.286. The van der Waals surface area contributed by atoms with Gasteiger partial charge in [-0.1, -0.05) is 48.5 Å². The number of carbonyl (C=O) groups excluding carboxylic acids is 2. The van der Waals surface area contributed by atoms with Gasteiger partial charge in [0.15, 0.2) is 0 Å². The van der Waals surface area contributed by atoms with E-state index < -0.39 is 11.4 Å². The van der Waals surface area contributed by atoms with Gasteiger partial charge >= 0.3 is 5.97 Å². The molecule has 7 heteroatoms. The molecular weight excluding hydrogens is 442 g/mol. The van der Waals surface area contributed by atoms with Crippen molar-refractivity contribution >= 4 is 17.8 Å². The number of hydrogen-bond donors (Lipinski definition) is 2. The van der Waals surface area contributed by atoms with Crippen LogP contribution in [0, 0.1) is 0 Å². The van der Waals surface area contributed by atoms with Gasteiger partial charge < -0.3 is 15.3 Å². The Kier molecular flexibility index (Phi) is 6.69. The summed E-state index contributed by atoms with van der Waals surface area (Å²) < 4.78 is 0. The third kappa shape index (κ3) is 4.80. The van der Waals surface area contributed by atoms with Gasteiger partial charge in [-0.25, -0.2) is 4.79 Å². The molecule has 35 heavy (non-hydrogen) atoms. The van der Waals surface area contributed by atoms with E-state index in [1.807, 2.05) is 61.2 Å². The van der Waals surface area contributed by atoms with Gasteiger partial charge in [0.05, 0.1) is 11.0 Å². The minimum Gasteiger partial charge on any atom is -0.478 e. The number of likely N-dealkylation sites (tertiary alicyclic amines) is 1. The van der Waals surface area contributed by atoms with Crippen LogP contribution in [0.3, 0.4) is 0 Å². The number of carboxylic acids is 1. The van der Waals surface area contributed by atoms with Crippen molar-refractivity contribution in [1.29, 1.82) is 0 Å². The molecule has 180 valence electrons. The molecule has 3 aromatic rings. The predicted octanol–water partition coefficient (Wildman–Crippen LogP) is 4.10. The third-order valence-corrected chi connectivity index (χ3v) is 6.80. The number of carbonyl (C=O) groups is 3. The number of nitrogens with one attached hydrogen (secondary N) is 1. The monoisotopic (exact) mass is 471 g/mol. The maximum Gasteiger partial charge on any atom is 0.335 e. The number of amides is 2. The third-order valence-electron chi connectivity index (χ3n) is 6.80. The molecule has 0 aliphatic carbocycles. The van der Waals surface area contributed by atoms with E-state index in [0.717, 1.165) is 28.7 Å². The Hall–Kier alpha value is -4.00. The highest BCUT2D eigenvalue weighted by molar-refractivity contribution is 5.92. The number of carboxylic acid groups (broad SMARTS) is 1. The second-order valence-electron chi connectivity index (χ2n) is 9.34. The van der Waals surface area contributed by atoms with E-state index >= 15 is 0 Å². The molecule has 2 heterocycles. The Balaban J connectivity index is 1.48. The number of hydrogen-bond acceptors (Lipinski definition) is 4. The van der Waals surface area contributed by atoms with E-state index in [0.29, 0.717) is 24.3 Å². The maximum absolute atomic E-state index is 13.5. The van der Waals surface area contributed by atoms with Crippen LogP contribution in [0.4, 0.5) is 0 Å². The van der Waals surface area contributed by atoms with Gasteiger partial charge in [0.25, 0.3) is 5.91 Å². The lowest BCUT2D eigenvalue weighted by Crippen LogP contribution is -2.42. The summed E-state index contributed by atoms with van der Waals surface area (Å²) in [5.74, 6) is -1.14. The molecule has 1 aliphatic heterocycles. The number of benzene rings is 2. The standard InChI is InChI=1S/C28H29N3O4/c1-28(2,21-11-8-18(9-12-21)19-10-13-24(30-16-19)25(32)29-3)27(35)31-15-14-20(17-31)22-6-4-5-7-23(22)26(33)34/h4-13,16,20H,14-15,17H2,1-3H3,(H,29,32)(H,33,34). The lowest BCUT2D eigenvalue weighted by atomic mass is 9.82. The van der Waals surface area contributed by atoms with Gasteiger partial charge in [0.2, 0.25) is 5.91 Å². The van der Waals surface area contributed by atoms with E-state index in [1.54, 1.807) is 31.4 Å². The van der Waals surface area contributed by atoms with E-state index in [4.69, 9.17) is 0 Å². The van der Waals surface area contributed by atoms with Gasteiger partial charge in [0, 0.05) is 37.8 Å². The van der Waals surface area contributed by atoms with Crippen LogP contribution in [0.5, 0.6) is 0 Å². The van der Waals surface area contributed by atoms with Crippen molar-refractivity contribution in [2.24, 2.45) is 0 Å². The van der Waals surface area contributed by atoms with Crippen molar-refractivity contribution in [2.75, 3.05) is 20.1 Å². The summed E-state index contributed by atoms with van der Waals surface area (Å²) in [6, 6.07) is 18.4. The quantitative estimate of drug-likeness (QED) is 0.564. The van der Waals surface area contributed by atoms with Crippen LogP contribution >= 0.6 is 0 Å². The average Bonchev–Trinajstić information content (AvgIpc) is 3.38. The van der Waals surface area contributed by atoms with Gasteiger partial charge in [-0.15, -0.1) is 0 Å². The summed E-state index contributed by atoms with van der Waals surface area (Å²) in [4.78, 5) is 42.9. The van der Waals surface area contributed by atoms with Crippen LogP contribution in [-0.2, 0) is 10.2 Å². The molecule has 1 fully saturated rings. The van der Waals surface area contributed by atoms with Crippen LogP contribution in [0.1, 0.15) is 58.2 Å². The van der Waals surface area contributed by atoms with Crippen LogP contribution in [0.2, 0.25) is 0 Å². The van der Waals surface area contributed by atoms with Crippen LogP contribution in [-0.4, -0.2) is 52.9 Å². The molecule has 1 unspecified atom stereocenters. The highest BCUT2D eigenvalue weighted by Gasteiger charge is 2.38. The largest absolute Gasteiger partial charge is 0.478 e. The minimum absolute atomic E-state index is 0.00897. The first-order valence-corrected chi connectivity index (χ1v) is 11.6. The Labute approximate surface area is 204 Å². The summed E-state index contributed by atoms with van der Waals surface area (Å²) in [5.41, 5.74) is 3.44. The number of aromatic nitrogens is 1. The summed E-state index contributed by atoms with van der Waals surface area (Å²) in [7, 11) is 1.57. The fourth-order valence-electron chi connectivity index (χ4n) is 4.67. The summed E-state index contributed by atoms with van der Waals surface area (Å²) >= 11 is 0. The van der Waals surface area contributed by atoms with Crippen molar-refractivity contribution in [3.63, 3.8) is 0 Å². The van der Waals surface area contributed by atoms with Crippen molar-refractivity contribution in [3.8, 4) is 11.1 Å². The molecule has 1 aliphatic rings. The van der Waals surface area contributed by atoms with Gasteiger partial charge in [-0.2, -0.15) is 0 Å². The van der Waals surface area contributed by atoms with Crippen molar-refractivity contribution in [3.05, 3.63) is 89.2 Å². The first kappa shape index (κ1) is 24.1. The zero-order chi connectivity index (χ0) is 25.2. The molecule has 2 N–H and O–H groups in total. The number of rotatable bonds is 6. The zero-order valence-electron chi connectivity index (χ0n) is 20.1. The molecule has 1 atom stereocenters.